The van der Waals surface area contributed by atoms with Gasteiger partial charge in [-0.25, -0.2) is 0 Å². The molecule has 2 aliphatic carbocycles. The van der Waals surface area contributed by atoms with Crippen molar-refractivity contribution >= 4 is 23.5 Å². The summed E-state index contributed by atoms with van der Waals surface area (Å²) < 4.78 is 4.93. The molecule has 0 unspecified atom stereocenters. The van der Waals surface area contributed by atoms with Gasteiger partial charge in [0, 0.05) is 43.7 Å². The lowest BCUT2D eigenvalue weighted by Crippen LogP contribution is -2.53. The Morgan fingerprint density at radius 1 is 1.03 bits per heavy atom. The van der Waals surface area contributed by atoms with Crippen LogP contribution in [0.2, 0.25) is 0 Å². The molecule has 2 atom stereocenters. The number of ether oxygens (including phenoxy) is 1. The van der Waals surface area contributed by atoms with Gasteiger partial charge in [-0.2, -0.15) is 5.26 Å². The van der Waals surface area contributed by atoms with Crippen LogP contribution in [0.4, 0.5) is 5.69 Å². The van der Waals surface area contributed by atoms with Crippen molar-refractivity contribution in [1.29, 1.82) is 5.26 Å². The molecule has 8 heteroatoms. The summed E-state index contributed by atoms with van der Waals surface area (Å²) in [7, 11) is 1.40. The fourth-order valence-corrected chi connectivity index (χ4v) is 5.34. The number of rotatable bonds is 6. The lowest BCUT2D eigenvalue weighted by Gasteiger charge is -2.40. The van der Waals surface area contributed by atoms with E-state index in [9.17, 15) is 19.6 Å². The van der Waals surface area contributed by atoms with Crippen LogP contribution in [0, 0.1) is 23.2 Å². The number of amides is 2. The Hall–Kier alpha value is -3.08. The Bertz CT molecular complexity index is 1000. The fourth-order valence-electron chi connectivity index (χ4n) is 5.34. The summed E-state index contributed by atoms with van der Waals surface area (Å²) >= 11 is 0. The highest BCUT2D eigenvalue weighted by atomic mass is 16.5. The van der Waals surface area contributed by atoms with Crippen LogP contribution >= 0.6 is 0 Å². The third-order valence-electron chi connectivity index (χ3n) is 7.99. The summed E-state index contributed by atoms with van der Waals surface area (Å²) in [6.07, 6.45) is 4.73. The van der Waals surface area contributed by atoms with E-state index in [1.165, 1.54) is 7.11 Å². The number of anilines is 1. The molecule has 3 aliphatic rings. The van der Waals surface area contributed by atoms with Crippen molar-refractivity contribution < 1.29 is 19.1 Å². The van der Waals surface area contributed by atoms with Crippen molar-refractivity contribution in [2.24, 2.45) is 11.8 Å². The van der Waals surface area contributed by atoms with Crippen LogP contribution in [0.3, 0.4) is 0 Å². The minimum Gasteiger partial charge on any atom is -0.468 e. The molecule has 2 saturated carbocycles. The van der Waals surface area contributed by atoms with Crippen LogP contribution in [0.15, 0.2) is 24.3 Å². The van der Waals surface area contributed by atoms with E-state index >= 15 is 0 Å². The summed E-state index contributed by atoms with van der Waals surface area (Å²) in [5.41, 5.74) is 0.541. The van der Waals surface area contributed by atoms with Crippen LogP contribution in [0.1, 0.15) is 57.9 Å². The van der Waals surface area contributed by atoms with E-state index in [1.54, 1.807) is 0 Å². The SMILES string of the molecule is COC(=O)C(C)(C)c1ccc(N2CCN(C(=O)[C@@H]3CCCC[C@H]3C(=O)NC3(C#N)CC3)CC2)cc1. The molecule has 2 amide bonds. The van der Waals surface area contributed by atoms with Gasteiger partial charge in [-0.05, 0) is 57.2 Å². The average Bonchev–Trinajstić information content (AvgIpc) is 3.67. The predicted molar refractivity (Wildman–Crippen MR) is 131 cm³/mol. The second kappa shape index (κ2) is 9.88. The lowest BCUT2D eigenvalue weighted by molar-refractivity contribution is -0.146. The summed E-state index contributed by atoms with van der Waals surface area (Å²) in [5.74, 6) is -0.973. The molecule has 0 bridgehead atoms. The second-order valence-electron chi connectivity index (χ2n) is 10.7. The molecule has 0 aromatic heterocycles. The molecule has 1 aliphatic heterocycles. The van der Waals surface area contributed by atoms with Gasteiger partial charge in [0.25, 0.3) is 0 Å². The Morgan fingerprint density at radius 3 is 2.17 bits per heavy atom. The van der Waals surface area contributed by atoms with Gasteiger partial charge in [0.2, 0.25) is 11.8 Å². The van der Waals surface area contributed by atoms with Gasteiger partial charge in [-0.15, -0.1) is 0 Å². The number of nitriles is 1. The van der Waals surface area contributed by atoms with E-state index in [2.05, 4.69) is 16.3 Å². The van der Waals surface area contributed by atoms with Crippen LogP contribution in [-0.4, -0.2) is 61.5 Å². The summed E-state index contributed by atoms with van der Waals surface area (Å²) in [6, 6.07) is 10.2. The number of benzene rings is 1. The maximum atomic E-state index is 13.4. The molecule has 8 nitrogen and oxygen atoms in total. The molecule has 188 valence electrons. The van der Waals surface area contributed by atoms with Gasteiger partial charge in [0.1, 0.15) is 5.54 Å². The van der Waals surface area contributed by atoms with E-state index in [0.717, 1.165) is 30.5 Å². The average molecular weight is 481 g/mol. The Kier molecular flexibility index (Phi) is 7.07. The normalized spacial score (nSPS) is 23.7. The van der Waals surface area contributed by atoms with Crippen molar-refractivity contribution in [3.05, 3.63) is 29.8 Å². The topological polar surface area (TPSA) is 103 Å². The molecule has 1 heterocycles. The fraction of sp³-hybridized carbons (Fsp3) is 0.630. The molecule has 1 saturated heterocycles. The van der Waals surface area contributed by atoms with Crippen LogP contribution in [0.5, 0.6) is 0 Å². The number of nitrogens with one attached hydrogen (secondary N) is 1. The van der Waals surface area contributed by atoms with E-state index < -0.39 is 11.0 Å². The molecule has 0 radical (unpaired) electrons. The van der Waals surface area contributed by atoms with Crippen molar-refractivity contribution in [1.82, 2.24) is 10.2 Å². The summed E-state index contributed by atoms with van der Waals surface area (Å²) in [4.78, 5) is 42.6. The first kappa shape index (κ1) is 25.0. The molecule has 4 rings (SSSR count). The molecule has 1 aromatic carbocycles. The Labute approximate surface area is 207 Å². The van der Waals surface area contributed by atoms with Crippen LogP contribution in [-0.2, 0) is 24.5 Å². The standard InChI is InChI=1S/C27H36N4O4/c1-26(2,25(34)35-3)19-8-10-20(11-9-19)30-14-16-31(17-15-30)24(33)22-7-5-4-6-21(22)23(32)29-27(18-28)12-13-27/h8-11,21-22H,4-7,12-17H2,1-3H3,(H,29,32)/t21-,22-/m1/s1. The molecule has 1 N–H and O–H groups in total. The van der Waals surface area contributed by atoms with Crippen molar-refractivity contribution in [3.63, 3.8) is 0 Å². The molecular weight excluding hydrogens is 444 g/mol. The molecular formula is C27H36N4O4. The molecule has 0 spiro atoms. The second-order valence-corrected chi connectivity index (χ2v) is 10.7. The third kappa shape index (κ3) is 5.14. The van der Waals surface area contributed by atoms with Crippen molar-refractivity contribution in [3.8, 4) is 6.07 Å². The molecule has 3 fully saturated rings. The van der Waals surface area contributed by atoms with Crippen LogP contribution < -0.4 is 10.2 Å². The largest absolute Gasteiger partial charge is 0.468 e. The maximum Gasteiger partial charge on any atom is 0.315 e. The first-order valence-corrected chi connectivity index (χ1v) is 12.7. The first-order chi connectivity index (χ1) is 16.7. The Balaban J connectivity index is 1.35. The van der Waals surface area contributed by atoms with Crippen molar-refractivity contribution in [2.45, 2.75) is 63.3 Å². The monoisotopic (exact) mass is 480 g/mol. The van der Waals surface area contributed by atoms with E-state index in [-0.39, 0.29) is 29.6 Å². The highest BCUT2D eigenvalue weighted by molar-refractivity contribution is 5.89. The highest BCUT2D eigenvalue weighted by Gasteiger charge is 2.47. The number of esters is 1. The minimum absolute atomic E-state index is 0.0708. The molecule has 1 aromatic rings. The number of hydrogen-bond donors (Lipinski definition) is 1. The van der Waals surface area contributed by atoms with E-state index in [4.69, 9.17) is 4.74 Å². The van der Waals surface area contributed by atoms with Crippen LogP contribution in [0.25, 0.3) is 0 Å². The van der Waals surface area contributed by atoms with Gasteiger partial charge < -0.3 is 19.9 Å². The lowest BCUT2D eigenvalue weighted by atomic mass is 9.77. The van der Waals surface area contributed by atoms with Gasteiger partial charge in [0.15, 0.2) is 0 Å². The zero-order valence-corrected chi connectivity index (χ0v) is 21.0. The number of carbonyl (C=O) groups is 3. The van der Waals surface area contributed by atoms with Gasteiger partial charge in [-0.3, -0.25) is 14.4 Å². The zero-order chi connectivity index (χ0) is 25.2. The number of hydrogen-bond acceptors (Lipinski definition) is 6. The molecule has 35 heavy (non-hydrogen) atoms. The number of methoxy groups -OCH3 is 1. The third-order valence-corrected chi connectivity index (χ3v) is 7.99. The number of carbonyl (C=O) groups excluding carboxylic acids is 3. The van der Waals surface area contributed by atoms with Gasteiger partial charge in [0.05, 0.1) is 18.6 Å². The summed E-state index contributed by atoms with van der Waals surface area (Å²) in [5, 5.41) is 12.2. The first-order valence-electron chi connectivity index (χ1n) is 12.7. The number of nitrogens with zero attached hydrogens (tertiary/aromatic N) is 3. The van der Waals surface area contributed by atoms with Gasteiger partial charge in [-0.1, -0.05) is 25.0 Å². The van der Waals surface area contributed by atoms with E-state index in [0.29, 0.717) is 45.4 Å². The summed E-state index contributed by atoms with van der Waals surface area (Å²) in [6.45, 7) is 6.35. The van der Waals surface area contributed by atoms with E-state index in [1.807, 2.05) is 43.0 Å². The zero-order valence-electron chi connectivity index (χ0n) is 21.0. The maximum absolute atomic E-state index is 13.4. The Morgan fingerprint density at radius 2 is 1.63 bits per heavy atom. The van der Waals surface area contributed by atoms with Crippen molar-refractivity contribution in [2.75, 3.05) is 38.2 Å². The quantitative estimate of drug-likeness (QED) is 0.628. The smallest absolute Gasteiger partial charge is 0.315 e. The predicted octanol–water partition coefficient (Wildman–Crippen LogP) is 2.76. The highest BCUT2D eigenvalue weighted by Crippen LogP contribution is 2.37. The number of piperazine rings is 1. The van der Waals surface area contributed by atoms with Gasteiger partial charge >= 0.3 is 5.97 Å². The minimum atomic E-state index is -0.715.